The molecule has 1 aromatic heterocycles. The summed E-state index contributed by atoms with van der Waals surface area (Å²) in [4.78, 5) is 7.25. The third-order valence-electron chi connectivity index (χ3n) is 6.53. The quantitative estimate of drug-likeness (QED) is 0.340. The van der Waals surface area contributed by atoms with E-state index in [0.29, 0.717) is 17.7 Å². The van der Waals surface area contributed by atoms with Gasteiger partial charge in [-0.15, -0.1) is 0 Å². The SMILES string of the molecule is CCOc1cc(CN2CCC(Nc3ccc4cccc(Cl)c4n3)CC2)ccc1OC(CC)CC. The number of piperidine rings is 1. The van der Waals surface area contributed by atoms with E-state index >= 15 is 0 Å². The second-order valence-electron chi connectivity index (χ2n) is 8.97. The summed E-state index contributed by atoms with van der Waals surface area (Å²) < 4.78 is 12.1. The Bertz CT molecular complexity index is 1080. The van der Waals surface area contributed by atoms with E-state index in [0.717, 1.165) is 73.5 Å². The fourth-order valence-corrected chi connectivity index (χ4v) is 4.77. The smallest absolute Gasteiger partial charge is 0.161 e. The van der Waals surface area contributed by atoms with Crippen molar-refractivity contribution in [3.63, 3.8) is 0 Å². The number of rotatable bonds is 10. The predicted octanol–water partition coefficient (Wildman–Crippen LogP) is 6.93. The molecular weight excluding hydrogens is 446 g/mol. The maximum absolute atomic E-state index is 6.33. The number of anilines is 1. The fourth-order valence-electron chi connectivity index (χ4n) is 4.55. The number of aromatic nitrogens is 1. The van der Waals surface area contributed by atoms with Gasteiger partial charge in [0, 0.05) is 31.1 Å². The van der Waals surface area contributed by atoms with Crippen LogP contribution in [0.15, 0.2) is 48.5 Å². The molecule has 2 heterocycles. The fraction of sp³-hybridized carbons (Fsp3) is 0.464. The molecule has 0 radical (unpaired) electrons. The third-order valence-corrected chi connectivity index (χ3v) is 6.83. The summed E-state index contributed by atoms with van der Waals surface area (Å²) >= 11 is 6.33. The minimum atomic E-state index is 0.227. The minimum absolute atomic E-state index is 0.227. The van der Waals surface area contributed by atoms with Gasteiger partial charge in [-0.05, 0) is 68.5 Å². The maximum Gasteiger partial charge on any atom is 0.161 e. The van der Waals surface area contributed by atoms with Gasteiger partial charge < -0.3 is 14.8 Å². The van der Waals surface area contributed by atoms with Gasteiger partial charge in [0.25, 0.3) is 0 Å². The number of hydrogen-bond donors (Lipinski definition) is 1. The molecule has 6 heteroatoms. The molecule has 0 bridgehead atoms. The molecule has 0 aliphatic carbocycles. The number of pyridine rings is 1. The zero-order valence-corrected chi connectivity index (χ0v) is 21.3. The molecule has 5 nitrogen and oxygen atoms in total. The first-order valence-electron chi connectivity index (χ1n) is 12.6. The van der Waals surface area contributed by atoms with Crippen LogP contribution in [0, 0.1) is 0 Å². The molecule has 0 atom stereocenters. The molecule has 1 aliphatic rings. The lowest BCUT2D eigenvalue weighted by atomic mass is 10.0. The molecule has 1 aliphatic heterocycles. The minimum Gasteiger partial charge on any atom is -0.490 e. The molecule has 1 N–H and O–H groups in total. The van der Waals surface area contributed by atoms with Crippen molar-refractivity contribution >= 4 is 28.3 Å². The van der Waals surface area contributed by atoms with Crippen LogP contribution in [0.4, 0.5) is 5.82 Å². The van der Waals surface area contributed by atoms with Gasteiger partial charge in [0.1, 0.15) is 5.82 Å². The Labute approximate surface area is 208 Å². The van der Waals surface area contributed by atoms with E-state index < -0.39 is 0 Å². The highest BCUT2D eigenvalue weighted by Crippen LogP contribution is 2.31. The van der Waals surface area contributed by atoms with Crippen LogP contribution in [-0.4, -0.2) is 41.7 Å². The lowest BCUT2D eigenvalue weighted by Gasteiger charge is -2.32. The van der Waals surface area contributed by atoms with Crippen molar-refractivity contribution in [3.05, 3.63) is 59.1 Å². The number of hydrogen-bond acceptors (Lipinski definition) is 5. The number of nitrogens with zero attached hydrogens (tertiary/aromatic N) is 2. The van der Waals surface area contributed by atoms with E-state index in [9.17, 15) is 0 Å². The zero-order valence-electron chi connectivity index (χ0n) is 20.5. The standard InChI is InChI=1S/C28H36ClN3O2/c1-4-23(5-2)34-25-12-10-20(18-26(25)33-6-3)19-32-16-14-22(15-17-32)30-27-13-11-21-8-7-9-24(29)28(21)31-27/h7-13,18,22-23H,4-6,14-17,19H2,1-3H3,(H,30,31). The lowest BCUT2D eigenvalue weighted by Crippen LogP contribution is -2.38. The first-order valence-corrected chi connectivity index (χ1v) is 12.9. The van der Waals surface area contributed by atoms with Gasteiger partial charge in [-0.2, -0.15) is 0 Å². The van der Waals surface area contributed by atoms with Crippen LogP contribution >= 0.6 is 11.6 Å². The van der Waals surface area contributed by atoms with Crippen LogP contribution in [-0.2, 0) is 6.54 Å². The first-order chi connectivity index (χ1) is 16.6. The largest absolute Gasteiger partial charge is 0.490 e. The molecule has 0 unspecified atom stereocenters. The van der Waals surface area contributed by atoms with Crippen LogP contribution in [0.25, 0.3) is 10.9 Å². The Morgan fingerprint density at radius 3 is 2.56 bits per heavy atom. The molecule has 2 aromatic carbocycles. The van der Waals surface area contributed by atoms with E-state index in [1.165, 1.54) is 5.56 Å². The van der Waals surface area contributed by atoms with E-state index in [-0.39, 0.29) is 6.10 Å². The molecule has 3 aromatic rings. The summed E-state index contributed by atoms with van der Waals surface area (Å²) in [5.41, 5.74) is 2.12. The average Bonchev–Trinajstić information content (AvgIpc) is 2.85. The van der Waals surface area contributed by atoms with Crippen molar-refractivity contribution < 1.29 is 9.47 Å². The number of likely N-dealkylation sites (tertiary alicyclic amines) is 1. The summed E-state index contributed by atoms with van der Waals surface area (Å²) in [6.45, 7) is 9.97. The summed E-state index contributed by atoms with van der Waals surface area (Å²) in [5, 5.41) is 5.37. The van der Waals surface area contributed by atoms with E-state index in [2.05, 4.69) is 48.3 Å². The van der Waals surface area contributed by atoms with Crippen molar-refractivity contribution in [3.8, 4) is 11.5 Å². The molecule has 1 fully saturated rings. The molecule has 0 spiro atoms. The highest BCUT2D eigenvalue weighted by atomic mass is 35.5. The highest BCUT2D eigenvalue weighted by Gasteiger charge is 2.20. The van der Waals surface area contributed by atoms with Gasteiger partial charge in [0.05, 0.1) is 23.3 Å². The Balaban J connectivity index is 1.33. The van der Waals surface area contributed by atoms with Crippen LogP contribution in [0.1, 0.15) is 52.0 Å². The molecule has 1 saturated heterocycles. The lowest BCUT2D eigenvalue weighted by molar-refractivity contribution is 0.181. The van der Waals surface area contributed by atoms with Gasteiger partial charge in [0.2, 0.25) is 0 Å². The second kappa shape index (κ2) is 11.8. The van der Waals surface area contributed by atoms with Gasteiger partial charge >= 0.3 is 0 Å². The monoisotopic (exact) mass is 481 g/mol. The van der Waals surface area contributed by atoms with Gasteiger partial charge in [0.15, 0.2) is 11.5 Å². The number of benzene rings is 2. The number of nitrogens with one attached hydrogen (secondary N) is 1. The summed E-state index contributed by atoms with van der Waals surface area (Å²) in [6, 6.07) is 16.8. The van der Waals surface area contributed by atoms with Gasteiger partial charge in [-0.25, -0.2) is 4.98 Å². The zero-order chi connectivity index (χ0) is 23.9. The topological polar surface area (TPSA) is 46.6 Å². The maximum atomic E-state index is 6.33. The van der Waals surface area contributed by atoms with Crippen LogP contribution in [0.2, 0.25) is 5.02 Å². The normalized spacial score (nSPS) is 15.1. The first kappa shape index (κ1) is 24.6. The highest BCUT2D eigenvalue weighted by molar-refractivity contribution is 6.35. The Kier molecular flexibility index (Phi) is 8.52. The molecule has 0 amide bonds. The third kappa shape index (κ3) is 6.13. The summed E-state index contributed by atoms with van der Waals surface area (Å²) in [7, 11) is 0. The van der Waals surface area contributed by atoms with E-state index in [1.54, 1.807) is 0 Å². The summed E-state index contributed by atoms with van der Waals surface area (Å²) in [5.74, 6) is 2.60. The van der Waals surface area contributed by atoms with E-state index in [1.807, 2.05) is 31.2 Å². The molecular formula is C28H36ClN3O2. The number of fused-ring (bicyclic) bond motifs is 1. The van der Waals surface area contributed by atoms with Crippen molar-refractivity contribution in [1.29, 1.82) is 0 Å². The molecule has 182 valence electrons. The predicted molar refractivity (Wildman–Crippen MR) is 141 cm³/mol. The average molecular weight is 482 g/mol. The van der Waals surface area contributed by atoms with Crippen LogP contribution in [0.5, 0.6) is 11.5 Å². The van der Waals surface area contributed by atoms with E-state index in [4.69, 9.17) is 26.1 Å². The van der Waals surface area contributed by atoms with Crippen molar-refractivity contribution in [2.45, 2.75) is 65.1 Å². The van der Waals surface area contributed by atoms with Crippen LogP contribution < -0.4 is 14.8 Å². The van der Waals surface area contributed by atoms with Crippen molar-refractivity contribution in [2.24, 2.45) is 0 Å². The number of halogens is 1. The van der Waals surface area contributed by atoms with Crippen molar-refractivity contribution in [1.82, 2.24) is 9.88 Å². The molecule has 0 saturated carbocycles. The van der Waals surface area contributed by atoms with Gasteiger partial charge in [-0.1, -0.05) is 43.6 Å². The van der Waals surface area contributed by atoms with Crippen LogP contribution in [0.3, 0.4) is 0 Å². The van der Waals surface area contributed by atoms with Gasteiger partial charge in [-0.3, -0.25) is 4.90 Å². The Hall–Kier alpha value is -2.50. The Morgan fingerprint density at radius 1 is 1.03 bits per heavy atom. The van der Waals surface area contributed by atoms with Crippen molar-refractivity contribution in [2.75, 3.05) is 25.0 Å². The summed E-state index contributed by atoms with van der Waals surface area (Å²) in [6.07, 6.45) is 4.38. The molecule has 34 heavy (non-hydrogen) atoms. The molecule has 4 rings (SSSR count). The number of para-hydroxylation sites is 1. The second-order valence-corrected chi connectivity index (χ2v) is 9.38. The Morgan fingerprint density at radius 2 is 1.82 bits per heavy atom. The number of ether oxygens (including phenoxy) is 2.